The molecule has 0 saturated carbocycles. The van der Waals surface area contributed by atoms with E-state index in [1.54, 1.807) is 42.5 Å². The number of carbonyl (C=O) groups is 3. The second kappa shape index (κ2) is 14.0. The number of fused-ring (bicyclic) bond motifs is 4. The van der Waals surface area contributed by atoms with Crippen molar-refractivity contribution in [1.82, 2.24) is 35.5 Å². The molecule has 2 atom stereocenters. The molecule has 3 heterocycles. The fraction of sp³-hybridized carbons (Fsp3) is 0.300. The van der Waals surface area contributed by atoms with E-state index >= 15 is 0 Å². The van der Waals surface area contributed by atoms with Crippen LogP contribution in [0.2, 0.25) is 5.02 Å². The van der Waals surface area contributed by atoms with Crippen molar-refractivity contribution < 1.29 is 23.9 Å². The SMILES string of the molecule is COC(=O)Nc1ccc2c(c1)N[C@@H](C(=O)OC)CCCC[C@H](NC(=O)C=Cc1cc(Cl)ccc1-n1cnnn1)c1nc-2c(C)[nH]1. The number of aromatic amines is 1. The zero-order valence-electron chi connectivity index (χ0n) is 24.8. The lowest BCUT2D eigenvalue weighted by Gasteiger charge is -2.22. The number of esters is 1. The Balaban J connectivity index is 1.45. The van der Waals surface area contributed by atoms with E-state index in [2.05, 4.69) is 36.5 Å². The van der Waals surface area contributed by atoms with E-state index in [-0.39, 0.29) is 5.91 Å². The van der Waals surface area contributed by atoms with Crippen LogP contribution in [0.25, 0.3) is 23.0 Å². The van der Waals surface area contributed by atoms with E-state index in [0.717, 1.165) is 5.69 Å². The number of nitrogens with zero attached hydrogens (tertiary/aromatic N) is 5. The predicted octanol–water partition coefficient (Wildman–Crippen LogP) is 4.59. The van der Waals surface area contributed by atoms with Gasteiger partial charge in [-0.2, -0.15) is 4.68 Å². The minimum absolute atomic E-state index is 0.335. The van der Waals surface area contributed by atoms with E-state index in [9.17, 15) is 14.4 Å². The quantitative estimate of drug-likeness (QED) is 0.173. The van der Waals surface area contributed by atoms with Crippen LogP contribution in [0.3, 0.4) is 0 Å². The van der Waals surface area contributed by atoms with Gasteiger partial charge in [0.15, 0.2) is 0 Å². The Bertz CT molecular complexity index is 1720. The Morgan fingerprint density at radius 1 is 1.09 bits per heavy atom. The largest absolute Gasteiger partial charge is 0.467 e. The molecule has 2 bridgehead atoms. The summed E-state index contributed by atoms with van der Waals surface area (Å²) in [4.78, 5) is 46.1. The minimum Gasteiger partial charge on any atom is -0.467 e. The lowest BCUT2D eigenvalue weighted by Crippen LogP contribution is -2.31. The van der Waals surface area contributed by atoms with Gasteiger partial charge in [0, 0.05) is 39.3 Å². The predicted molar refractivity (Wildman–Crippen MR) is 167 cm³/mol. The van der Waals surface area contributed by atoms with Crippen LogP contribution in [0.5, 0.6) is 0 Å². The fourth-order valence-electron chi connectivity index (χ4n) is 5.11. The van der Waals surface area contributed by atoms with E-state index in [1.807, 2.05) is 6.92 Å². The van der Waals surface area contributed by atoms with Crippen molar-refractivity contribution in [2.75, 3.05) is 24.9 Å². The number of aryl methyl sites for hydroxylation is 1. The molecule has 0 radical (unpaired) electrons. The number of ether oxygens (including phenoxy) is 2. The van der Waals surface area contributed by atoms with Gasteiger partial charge < -0.3 is 25.1 Å². The standard InChI is InChI=1S/C30H32ClN9O5/c1-17-27-21-11-10-20(34-30(43)45-3)15-24(21)35-23(29(42)44-2)7-5-4-6-22(28(33-17)37-27)36-26(41)13-8-18-14-19(31)9-12-25(18)40-16-32-38-39-40/h8-16,22-23,35H,4-7H2,1-3H3,(H,33,37)(H,34,43)(H,36,41)/t22-,23+/m0/s1. The van der Waals surface area contributed by atoms with Crippen molar-refractivity contribution in [3.63, 3.8) is 0 Å². The first-order chi connectivity index (χ1) is 21.7. The summed E-state index contributed by atoms with van der Waals surface area (Å²) in [5.74, 6) is -0.159. The molecule has 2 amide bonds. The molecule has 14 nitrogen and oxygen atoms in total. The highest BCUT2D eigenvalue weighted by Crippen LogP contribution is 2.35. The van der Waals surface area contributed by atoms with Gasteiger partial charge in [-0.05, 0) is 72.7 Å². The van der Waals surface area contributed by atoms with Crippen LogP contribution < -0.4 is 16.0 Å². The monoisotopic (exact) mass is 633 g/mol. The van der Waals surface area contributed by atoms with Gasteiger partial charge in [0.05, 0.1) is 31.6 Å². The van der Waals surface area contributed by atoms with Crippen LogP contribution in [0.1, 0.15) is 48.8 Å². The summed E-state index contributed by atoms with van der Waals surface area (Å²) >= 11 is 6.22. The molecular formula is C30H32ClN9O5. The van der Waals surface area contributed by atoms with Gasteiger partial charge in [-0.1, -0.05) is 24.4 Å². The Hall–Kier alpha value is -5.24. The number of nitrogens with one attached hydrogen (secondary N) is 4. The summed E-state index contributed by atoms with van der Waals surface area (Å²) in [6.45, 7) is 1.88. The molecular weight excluding hydrogens is 602 g/mol. The van der Waals surface area contributed by atoms with E-state index in [1.165, 1.54) is 31.3 Å². The molecule has 4 N–H and O–H groups in total. The second-order valence-electron chi connectivity index (χ2n) is 10.3. The van der Waals surface area contributed by atoms with Crippen molar-refractivity contribution in [2.24, 2.45) is 0 Å². The van der Waals surface area contributed by atoms with Gasteiger partial charge in [0.1, 0.15) is 18.2 Å². The Morgan fingerprint density at radius 3 is 2.67 bits per heavy atom. The Kier molecular flexibility index (Phi) is 9.73. The number of halogens is 1. The van der Waals surface area contributed by atoms with Crippen LogP contribution >= 0.6 is 11.6 Å². The number of benzene rings is 2. The van der Waals surface area contributed by atoms with Crippen LogP contribution in [0, 0.1) is 6.92 Å². The number of imidazole rings is 1. The Morgan fingerprint density at radius 2 is 1.91 bits per heavy atom. The molecule has 15 heteroatoms. The second-order valence-corrected chi connectivity index (χ2v) is 10.8. The first-order valence-corrected chi connectivity index (χ1v) is 14.5. The Labute approximate surface area is 263 Å². The number of carbonyl (C=O) groups excluding carboxylic acids is 3. The third-order valence-corrected chi connectivity index (χ3v) is 7.54. The van der Waals surface area contributed by atoms with Crippen LogP contribution in [0.15, 0.2) is 48.8 Å². The number of hydrogen-bond acceptors (Lipinski definition) is 10. The van der Waals surface area contributed by atoms with Crippen LogP contribution in [-0.4, -0.2) is 68.4 Å². The van der Waals surface area contributed by atoms with Gasteiger partial charge in [-0.3, -0.25) is 10.1 Å². The molecule has 2 aromatic heterocycles. The average molecular weight is 634 g/mol. The molecule has 4 aromatic rings. The number of anilines is 2. The van der Waals surface area contributed by atoms with Crippen molar-refractivity contribution >= 4 is 47.0 Å². The van der Waals surface area contributed by atoms with Gasteiger partial charge >= 0.3 is 12.1 Å². The average Bonchev–Trinajstić information content (AvgIpc) is 3.70. The molecule has 0 spiro atoms. The third kappa shape index (κ3) is 7.47. The number of rotatable bonds is 6. The molecule has 45 heavy (non-hydrogen) atoms. The third-order valence-electron chi connectivity index (χ3n) is 7.31. The zero-order valence-corrected chi connectivity index (χ0v) is 25.6. The first-order valence-electron chi connectivity index (χ1n) is 14.2. The highest BCUT2D eigenvalue weighted by Gasteiger charge is 2.26. The number of amides is 2. The van der Waals surface area contributed by atoms with E-state index in [4.69, 9.17) is 26.1 Å². The van der Waals surface area contributed by atoms with Crippen molar-refractivity contribution in [3.05, 3.63) is 70.9 Å². The lowest BCUT2D eigenvalue weighted by molar-refractivity contribution is -0.141. The zero-order chi connectivity index (χ0) is 31.9. The summed E-state index contributed by atoms with van der Waals surface area (Å²) in [7, 11) is 2.62. The minimum atomic E-state index is -0.650. The molecule has 1 aliphatic rings. The highest BCUT2D eigenvalue weighted by molar-refractivity contribution is 6.30. The molecule has 5 rings (SSSR count). The van der Waals surface area contributed by atoms with E-state index < -0.39 is 24.1 Å². The summed E-state index contributed by atoms with van der Waals surface area (Å²) in [6.07, 6.45) is 6.31. The molecule has 0 aliphatic carbocycles. The maximum Gasteiger partial charge on any atom is 0.411 e. The maximum absolute atomic E-state index is 13.2. The van der Waals surface area contributed by atoms with Gasteiger partial charge in [-0.25, -0.2) is 14.6 Å². The summed E-state index contributed by atoms with van der Waals surface area (Å²) in [5, 5.41) is 20.8. The van der Waals surface area contributed by atoms with Gasteiger partial charge in [-0.15, -0.1) is 5.10 Å². The number of methoxy groups -OCH3 is 2. The van der Waals surface area contributed by atoms with Crippen LogP contribution in [-0.2, 0) is 19.1 Å². The molecule has 1 aliphatic heterocycles. The maximum atomic E-state index is 13.2. The topological polar surface area (TPSA) is 178 Å². The molecule has 0 unspecified atom stereocenters. The molecule has 0 saturated heterocycles. The number of tetrazole rings is 1. The number of H-pyrrole nitrogens is 1. The number of hydrogen-bond donors (Lipinski definition) is 4. The molecule has 234 valence electrons. The molecule has 2 aromatic carbocycles. The van der Waals surface area contributed by atoms with Crippen molar-refractivity contribution in [2.45, 2.75) is 44.7 Å². The smallest absolute Gasteiger partial charge is 0.411 e. The summed E-state index contributed by atoms with van der Waals surface area (Å²) < 4.78 is 11.3. The van der Waals surface area contributed by atoms with Gasteiger partial charge in [0.25, 0.3) is 0 Å². The van der Waals surface area contributed by atoms with Crippen molar-refractivity contribution in [1.29, 1.82) is 0 Å². The summed E-state index contributed by atoms with van der Waals surface area (Å²) in [5.41, 5.74) is 4.43. The first kappa shape index (κ1) is 31.2. The molecule has 0 fully saturated rings. The lowest BCUT2D eigenvalue weighted by atomic mass is 10.0. The normalized spacial score (nSPS) is 16.4. The van der Waals surface area contributed by atoms with Crippen molar-refractivity contribution in [3.8, 4) is 16.9 Å². The highest BCUT2D eigenvalue weighted by atomic mass is 35.5. The summed E-state index contributed by atoms with van der Waals surface area (Å²) in [6, 6.07) is 9.33. The van der Waals surface area contributed by atoms with Crippen LogP contribution in [0.4, 0.5) is 16.2 Å². The number of aromatic nitrogens is 6. The van der Waals surface area contributed by atoms with E-state index in [0.29, 0.717) is 70.4 Å². The van der Waals surface area contributed by atoms with Gasteiger partial charge in [0.2, 0.25) is 5.91 Å². The fourth-order valence-corrected chi connectivity index (χ4v) is 5.29.